The number of methoxy groups -OCH3 is 2. The van der Waals surface area contributed by atoms with Gasteiger partial charge in [-0.05, 0) is 49.5 Å². The number of benzene rings is 1. The molecule has 0 amide bonds. The molecule has 1 aliphatic heterocycles. The lowest BCUT2D eigenvalue weighted by Crippen LogP contribution is -2.40. The van der Waals surface area contributed by atoms with Crippen molar-refractivity contribution in [2.75, 3.05) is 46.2 Å². The fourth-order valence-corrected chi connectivity index (χ4v) is 4.60. The third-order valence-electron chi connectivity index (χ3n) is 6.38. The van der Waals surface area contributed by atoms with Crippen LogP contribution in [0.3, 0.4) is 0 Å². The van der Waals surface area contributed by atoms with E-state index in [4.69, 9.17) is 25.7 Å². The summed E-state index contributed by atoms with van der Waals surface area (Å²) < 4.78 is 16.9. The Morgan fingerprint density at radius 3 is 2.49 bits per heavy atom. The van der Waals surface area contributed by atoms with E-state index in [1.54, 1.807) is 32.8 Å². The Labute approximate surface area is 204 Å². The summed E-state index contributed by atoms with van der Waals surface area (Å²) in [5, 5.41) is 2.57. The predicted molar refractivity (Wildman–Crippen MR) is 137 cm³/mol. The Balaban J connectivity index is 1.45. The van der Waals surface area contributed by atoms with Crippen molar-refractivity contribution in [2.45, 2.75) is 18.9 Å². The molecule has 0 saturated carbocycles. The van der Waals surface area contributed by atoms with Crippen LogP contribution in [-0.4, -0.2) is 66.4 Å². The minimum Gasteiger partial charge on any atom is -0.493 e. The van der Waals surface area contributed by atoms with Crippen molar-refractivity contribution in [3.63, 3.8) is 0 Å². The van der Waals surface area contributed by atoms with Gasteiger partial charge >= 0.3 is 0 Å². The highest BCUT2D eigenvalue weighted by Gasteiger charge is 2.16. The van der Waals surface area contributed by atoms with Crippen LogP contribution in [0.15, 0.2) is 42.9 Å². The van der Waals surface area contributed by atoms with Crippen molar-refractivity contribution in [1.82, 2.24) is 19.9 Å². The van der Waals surface area contributed by atoms with E-state index in [9.17, 15) is 0 Å². The predicted octanol–water partition coefficient (Wildman–Crippen LogP) is 3.25. The molecule has 1 fully saturated rings. The number of nitrogens with zero attached hydrogens (tertiary/aromatic N) is 4. The Morgan fingerprint density at radius 1 is 0.943 bits per heavy atom. The summed E-state index contributed by atoms with van der Waals surface area (Å²) in [7, 11) is 3.21. The number of nitrogens with two attached hydrogens (primary N) is 2. The van der Waals surface area contributed by atoms with Crippen LogP contribution < -0.4 is 25.7 Å². The summed E-state index contributed by atoms with van der Waals surface area (Å²) in [4.78, 5) is 15.9. The quantitative estimate of drug-likeness (QED) is 0.371. The van der Waals surface area contributed by atoms with Gasteiger partial charge in [0.25, 0.3) is 0 Å². The summed E-state index contributed by atoms with van der Waals surface area (Å²) in [5.41, 5.74) is 14.9. The van der Waals surface area contributed by atoms with E-state index in [0.29, 0.717) is 35.4 Å². The standard InChI is InChI=1S/C26H30N6O3/c1-33-24-9-20-19-8-22(31-26(28)21(19)13-30-23(20)10-25(24)34-2)16-7-18(12-29-11-16)35-15-17(27)14-32-5-3-4-6-32/h7-13,17H,3-6,14-15,27H2,1-2H3,(H2,28,31)/t17-/m0/s1. The number of anilines is 1. The molecule has 3 aromatic heterocycles. The minimum atomic E-state index is -0.0583. The second-order valence-corrected chi connectivity index (χ2v) is 8.82. The van der Waals surface area contributed by atoms with Gasteiger partial charge in [0, 0.05) is 41.3 Å². The molecular weight excluding hydrogens is 444 g/mol. The molecule has 4 heterocycles. The zero-order chi connectivity index (χ0) is 24.4. The molecule has 1 atom stereocenters. The van der Waals surface area contributed by atoms with Crippen LogP contribution in [0.2, 0.25) is 0 Å². The Bertz CT molecular complexity index is 1360. The van der Waals surface area contributed by atoms with E-state index in [0.717, 1.165) is 46.9 Å². The summed E-state index contributed by atoms with van der Waals surface area (Å²) in [6.07, 6.45) is 7.65. The molecule has 5 rings (SSSR count). The molecule has 182 valence electrons. The first kappa shape index (κ1) is 23.1. The molecule has 0 bridgehead atoms. The zero-order valence-corrected chi connectivity index (χ0v) is 20.0. The second-order valence-electron chi connectivity index (χ2n) is 8.82. The monoisotopic (exact) mass is 474 g/mol. The van der Waals surface area contributed by atoms with E-state index in [1.165, 1.54) is 12.8 Å². The molecule has 4 aromatic rings. The summed E-state index contributed by atoms with van der Waals surface area (Å²) >= 11 is 0. The summed E-state index contributed by atoms with van der Waals surface area (Å²) in [6.45, 7) is 3.49. The van der Waals surface area contributed by atoms with Crippen molar-refractivity contribution in [2.24, 2.45) is 5.73 Å². The lowest BCUT2D eigenvalue weighted by atomic mass is 10.0. The first-order valence-corrected chi connectivity index (χ1v) is 11.7. The largest absolute Gasteiger partial charge is 0.493 e. The first-order chi connectivity index (χ1) is 17.1. The van der Waals surface area contributed by atoms with E-state index in [1.807, 2.05) is 24.3 Å². The van der Waals surface area contributed by atoms with Crippen molar-refractivity contribution in [1.29, 1.82) is 0 Å². The lowest BCUT2D eigenvalue weighted by molar-refractivity contribution is 0.236. The van der Waals surface area contributed by atoms with Crippen LogP contribution in [-0.2, 0) is 0 Å². The summed E-state index contributed by atoms with van der Waals surface area (Å²) in [6, 6.07) is 7.60. The molecule has 0 radical (unpaired) electrons. The third kappa shape index (κ3) is 4.78. The molecule has 4 N–H and O–H groups in total. The molecule has 9 nitrogen and oxygen atoms in total. The number of hydrogen-bond donors (Lipinski definition) is 2. The highest BCUT2D eigenvalue weighted by Crippen LogP contribution is 2.37. The number of hydrogen-bond acceptors (Lipinski definition) is 9. The van der Waals surface area contributed by atoms with E-state index in [-0.39, 0.29) is 6.04 Å². The molecule has 0 aliphatic carbocycles. The van der Waals surface area contributed by atoms with Gasteiger partial charge in [-0.15, -0.1) is 0 Å². The van der Waals surface area contributed by atoms with Gasteiger partial charge in [0.1, 0.15) is 18.2 Å². The van der Waals surface area contributed by atoms with Crippen LogP contribution in [0.25, 0.3) is 32.9 Å². The maximum absolute atomic E-state index is 6.35. The highest BCUT2D eigenvalue weighted by molar-refractivity contribution is 6.10. The first-order valence-electron chi connectivity index (χ1n) is 11.7. The van der Waals surface area contributed by atoms with E-state index in [2.05, 4.69) is 19.9 Å². The van der Waals surface area contributed by atoms with Crippen molar-refractivity contribution < 1.29 is 14.2 Å². The van der Waals surface area contributed by atoms with Crippen LogP contribution in [0.4, 0.5) is 5.82 Å². The van der Waals surface area contributed by atoms with Gasteiger partial charge in [0.2, 0.25) is 0 Å². The van der Waals surface area contributed by atoms with Gasteiger partial charge in [-0.2, -0.15) is 0 Å². The van der Waals surface area contributed by atoms with Gasteiger partial charge < -0.3 is 30.6 Å². The van der Waals surface area contributed by atoms with Crippen molar-refractivity contribution in [3.8, 4) is 28.5 Å². The summed E-state index contributed by atoms with van der Waals surface area (Å²) in [5.74, 6) is 2.27. The normalized spacial score (nSPS) is 14.9. The number of rotatable bonds is 8. The van der Waals surface area contributed by atoms with Crippen LogP contribution >= 0.6 is 0 Å². The number of ether oxygens (including phenoxy) is 3. The highest BCUT2D eigenvalue weighted by atomic mass is 16.5. The van der Waals surface area contributed by atoms with E-state index < -0.39 is 0 Å². The molecule has 0 unspecified atom stereocenters. The number of fused-ring (bicyclic) bond motifs is 3. The Hall–Kier alpha value is -3.69. The van der Waals surface area contributed by atoms with Crippen LogP contribution in [0.5, 0.6) is 17.2 Å². The smallest absolute Gasteiger partial charge is 0.162 e. The molecule has 9 heteroatoms. The van der Waals surface area contributed by atoms with Crippen molar-refractivity contribution >= 4 is 27.5 Å². The lowest BCUT2D eigenvalue weighted by Gasteiger charge is -2.20. The molecule has 1 saturated heterocycles. The Morgan fingerprint density at radius 2 is 1.71 bits per heavy atom. The van der Waals surface area contributed by atoms with Gasteiger partial charge in [-0.25, -0.2) is 4.98 Å². The van der Waals surface area contributed by atoms with Gasteiger partial charge in [0.15, 0.2) is 11.5 Å². The fourth-order valence-electron chi connectivity index (χ4n) is 4.60. The SMILES string of the molecule is COc1cc2ncc3c(N)nc(-c4cncc(OC[C@@H](N)CN5CCCC5)c4)cc3c2cc1OC. The van der Waals surface area contributed by atoms with Crippen LogP contribution in [0.1, 0.15) is 12.8 Å². The number of aromatic nitrogens is 3. The average Bonchev–Trinajstić information content (AvgIpc) is 3.39. The Kier molecular flexibility index (Phi) is 6.52. The van der Waals surface area contributed by atoms with Gasteiger partial charge in [-0.3, -0.25) is 9.97 Å². The average molecular weight is 475 g/mol. The maximum atomic E-state index is 6.35. The van der Waals surface area contributed by atoms with Crippen molar-refractivity contribution in [3.05, 3.63) is 42.9 Å². The molecule has 1 aliphatic rings. The van der Waals surface area contributed by atoms with E-state index >= 15 is 0 Å². The van der Waals surface area contributed by atoms with Gasteiger partial charge in [0.05, 0.1) is 37.7 Å². The maximum Gasteiger partial charge on any atom is 0.162 e. The second kappa shape index (κ2) is 9.89. The molecular formula is C26H30N6O3. The third-order valence-corrected chi connectivity index (χ3v) is 6.38. The van der Waals surface area contributed by atoms with Crippen LogP contribution in [0, 0.1) is 0 Å². The molecule has 35 heavy (non-hydrogen) atoms. The van der Waals surface area contributed by atoms with Gasteiger partial charge in [-0.1, -0.05) is 0 Å². The zero-order valence-electron chi connectivity index (χ0n) is 20.0. The molecule has 0 spiro atoms. The fraction of sp³-hybridized carbons (Fsp3) is 0.346. The number of likely N-dealkylation sites (tertiary alicyclic amines) is 1. The number of nitrogen functional groups attached to an aromatic ring is 1. The molecule has 1 aromatic carbocycles. The number of pyridine rings is 3. The topological polar surface area (TPSA) is 122 Å². The minimum absolute atomic E-state index is 0.0583.